The van der Waals surface area contributed by atoms with Gasteiger partial charge in [-0.05, 0) is 113 Å². The van der Waals surface area contributed by atoms with Crippen molar-refractivity contribution in [1.29, 1.82) is 0 Å². The second-order valence-corrected chi connectivity index (χ2v) is 23.0. The van der Waals surface area contributed by atoms with E-state index in [9.17, 15) is 97.8 Å². The van der Waals surface area contributed by atoms with Crippen molar-refractivity contribution < 1.29 is 126 Å². The summed E-state index contributed by atoms with van der Waals surface area (Å²) in [7, 11) is 0. The van der Waals surface area contributed by atoms with Crippen molar-refractivity contribution in [3.05, 3.63) is 206 Å². The van der Waals surface area contributed by atoms with Crippen LogP contribution in [0.15, 0.2) is 139 Å². The summed E-state index contributed by atoms with van der Waals surface area (Å²) >= 11 is 0. The monoisotopic (exact) mass is 1320 g/mol. The summed E-state index contributed by atoms with van der Waals surface area (Å²) in [6.07, 6.45) is -40.5. The second-order valence-electron chi connectivity index (χ2n) is 23.0. The Morgan fingerprint density at radius 2 is 0.670 bits per heavy atom. The Morgan fingerprint density at radius 1 is 0.351 bits per heavy atom. The van der Waals surface area contributed by atoms with Gasteiger partial charge in [0.25, 0.3) is 0 Å². The Bertz CT molecular complexity index is 4100. The Labute approximate surface area is 526 Å². The molecule has 4 fully saturated rings. The van der Waals surface area contributed by atoms with Gasteiger partial charge >= 0.3 is 12.4 Å². The van der Waals surface area contributed by atoms with Gasteiger partial charge in [0.1, 0.15) is 103 Å². The fourth-order valence-electron chi connectivity index (χ4n) is 12.1. The average Bonchev–Trinajstić information content (AvgIpc) is 1.58. The predicted molar refractivity (Wildman–Crippen MR) is 311 cm³/mol. The van der Waals surface area contributed by atoms with Crippen molar-refractivity contribution in [1.82, 2.24) is 20.3 Å². The summed E-state index contributed by atoms with van der Waals surface area (Å²) in [5.74, 6) is -0.129. The molecule has 12 rings (SSSR count). The molecule has 4 aromatic carbocycles. The molecule has 8 heterocycles. The summed E-state index contributed by atoms with van der Waals surface area (Å²) in [5, 5.41) is 155. The van der Waals surface area contributed by atoms with Crippen molar-refractivity contribution in [2.45, 2.75) is 117 Å². The summed E-state index contributed by atoms with van der Waals surface area (Å²) in [5.41, 5.74) is -4.16. The zero-order valence-corrected chi connectivity index (χ0v) is 48.5. The van der Waals surface area contributed by atoms with Gasteiger partial charge in [-0.25, -0.2) is 0 Å². The highest BCUT2D eigenvalue weighted by Crippen LogP contribution is 2.44. The van der Waals surface area contributed by atoms with Gasteiger partial charge in [-0.3, -0.25) is 0 Å². The summed E-state index contributed by atoms with van der Waals surface area (Å²) in [6.45, 7) is -2.35. The molecule has 0 amide bonds. The minimum Gasteiger partial charge on any atom is -0.462 e. The first-order valence-corrected chi connectivity index (χ1v) is 29.2. The number of halogens is 6. The number of H-pyrrole nitrogens is 3. The molecule has 5 aliphatic rings. The number of rotatable bonds is 13. The third kappa shape index (κ3) is 12.5. The third-order valence-corrected chi connectivity index (χ3v) is 16.9. The van der Waals surface area contributed by atoms with E-state index in [1.165, 1.54) is 72.8 Å². The molecule has 94 heavy (non-hydrogen) atoms. The van der Waals surface area contributed by atoms with Crippen molar-refractivity contribution in [2.75, 3.05) is 19.8 Å². The number of aliphatic hydroxyl groups excluding tert-OH is 14. The SMILES string of the molecule is OCC1O[C@@H](Oc2cccc(C3=C4NC(=C(c5cc(C(F)(F)F)cc(C(F)(F)F)c5)c5ccc([nH]5)C(c5cccc(O[C@@H]6OC(CO)[C@@H](O)[C@H](O)C6O)c5)=c5ccc([nH]5)=C(c5cccc(O[C@@H]6OC(CO)[C@@H](O)[C@H](O)C6O)c5)c5ccc3[nH]5)[C@H](O)[C@@H]4O)c2)C(O)[C@@H](O)[C@@H]1O. The van der Waals surface area contributed by atoms with E-state index in [-0.39, 0.29) is 79.4 Å². The first kappa shape index (κ1) is 66.1. The van der Waals surface area contributed by atoms with E-state index < -0.39 is 164 Å². The van der Waals surface area contributed by atoms with Crippen LogP contribution in [0.25, 0.3) is 22.3 Å². The molecule has 30 heteroatoms. The number of aromatic nitrogens is 3. The topological polar surface area (TPSA) is 398 Å². The van der Waals surface area contributed by atoms with Crippen LogP contribution < -0.4 is 30.2 Å². The van der Waals surface area contributed by atoms with Crippen molar-refractivity contribution in [3.63, 3.8) is 0 Å². The van der Waals surface area contributed by atoms with E-state index in [1.807, 2.05) is 0 Å². The number of nitrogens with one attached hydrogen (secondary N) is 4. The zero-order valence-electron chi connectivity index (χ0n) is 48.5. The third-order valence-electron chi connectivity index (χ3n) is 16.9. The van der Waals surface area contributed by atoms with Crippen molar-refractivity contribution in [3.8, 4) is 17.2 Å². The van der Waals surface area contributed by atoms with Crippen LogP contribution in [0.5, 0.6) is 17.2 Å². The van der Waals surface area contributed by atoms with E-state index in [4.69, 9.17) is 28.4 Å². The maximum absolute atomic E-state index is 14.9. The lowest BCUT2D eigenvalue weighted by atomic mass is 9.94. The number of aliphatic hydroxyl groups is 14. The molecule has 6 unspecified atom stereocenters. The number of hydrogen-bond acceptors (Lipinski definition) is 21. The second kappa shape index (κ2) is 26.0. The van der Waals surface area contributed by atoms with Crippen LogP contribution in [0.1, 0.15) is 56.2 Å². The van der Waals surface area contributed by atoms with E-state index in [0.717, 1.165) is 0 Å². The zero-order chi connectivity index (χ0) is 67.0. The molecule has 24 nitrogen and oxygen atoms in total. The molecule has 4 saturated heterocycles. The maximum Gasteiger partial charge on any atom is 0.416 e. The highest BCUT2D eigenvalue weighted by Gasteiger charge is 2.48. The average molecular weight is 1320 g/mol. The number of benzene rings is 4. The number of fused-ring (bicyclic) bond motifs is 8. The lowest BCUT2D eigenvalue weighted by molar-refractivity contribution is -0.277. The fraction of sp³-hybridized carbons (Fsp3) is 0.344. The van der Waals surface area contributed by atoms with Gasteiger partial charge in [-0.1, -0.05) is 36.4 Å². The number of alkyl halides is 6. The molecule has 3 aromatic heterocycles. The Hall–Kier alpha value is -7.96. The van der Waals surface area contributed by atoms with Crippen LogP contribution in [0.2, 0.25) is 0 Å². The standard InChI is InChI=1S/C64H62F6N4O20/c65-63(66,67)29-16-28(17-30(21-29)64(68,69)70)46-39-15-13-37(73-39)44(26-5-2-8-32(19-26)90-61-58(87)55(84)50(79)41(23-76)93-61)35-11-10-34(71-35)43(25-4-1-7-31(18-25)89-60-57(86)54(83)49(78)40(22-75)92-60)36-12-14-38(72-36)45(47-52(81)53(82)48(46)74-47)27-6-3-9-33(20-27)91-62-59(88)56(85)51(80)42(24-77)94-62/h1-21,40-42,49-62,71-88H,22-24H2/t40?,41?,42?,49-,50-,51-,52-,53+,54+,55+,56+,57?,58?,59?,60-,61-,62-/m1/s1. The molecule has 7 aromatic rings. The smallest absolute Gasteiger partial charge is 0.416 e. The van der Waals surface area contributed by atoms with Gasteiger partial charge in [0.2, 0.25) is 18.9 Å². The fourth-order valence-corrected chi connectivity index (χ4v) is 12.1. The number of ether oxygens (including phenoxy) is 6. The molecule has 500 valence electrons. The largest absolute Gasteiger partial charge is 0.462 e. The van der Waals surface area contributed by atoms with E-state index in [2.05, 4.69) is 20.3 Å². The molecule has 0 spiro atoms. The molecular weight excluding hydrogens is 1260 g/mol. The van der Waals surface area contributed by atoms with Crippen LogP contribution in [0, 0.1) is 0 Å². The van der Waals surface area contributed by atoms with Crippen molar-refractivity contribution in [2.24, 2.45) is 0 Å². The highest BCUT2D eigenvalue weighted by atomic mass is 19.4. The number of hydrogen-bond donors (Lipinski definition) is 18. The molecule has 8 bridgehead atoms. The highest BCUT2D eigenvalue weighted by molar-refractivity contribution is 5.89. The van der Waals surface area contributed by atoms with Gasteiger partial charge in [0.05, 0.1) is 42.3 Å². The maximum atomic E-state index is 14.9. The minimum absolute atomic E-state index is 0.0203. The van der Waals surface area contributed by atoms with Crippen LogP contribution in [0.3, 0.4) is 0 Å². The Balaban J connectivity index is 1.11. The van der Waals surface area contributed by atoms with Crippen LogP contribution in [-0.2, 0) is 26.6 Å². The lowest BCUT2D eigenvalue weighted by Crippen LogP contribution is -2.60. The normalized spacial score (nSPS) is 30.0. The summed E-state index contributed by atoms with van der Waals surface area (Å²) in [6, 6.07) is 27.8. The predicted octanol–water partition coefficient (Wildman–Crippen LogP) is -0.403. The molecule has 17 atom stereocenters. The van der Waals surface area contributed by atoms with Gasteiger partial charge in [-0.15, -0.1) is 0 Å². The van der Waals surface area contributed by atoms with Gasteiger partial charge in [0, 0.05) is 55.8 Å². The number of aromatic amines is 3. The first-order valence-electron chi connectivity index (χ1n) is 29.2. The lowest BCUT2D eigenvalue weighted by Gasteiger charge is -2.39. The van der Waals surface area contributed by atoms with Crippen LogP contribution >= 0.6 is 0 Å². The Morgan fingerprint density at radius 3 is 1.00 bits per heavy atom. The Kier molecular flexibility index (Phi) is 18.3. The van der Waals surface area contributed by atoms with Crippen LogP contribution in [-0.4, -0.2) is 211 Å². The first-order chi connectivity index (χ1) is 44.7. The molecule has 0 aliphatic carbocycles. The van der Waals surface area contributed by atoms with E-state index in [1.54, 1.807) is 36.4 Å². The minimum atomic E-state index is -5.38. The molecule has 0 saturated carbocycles. The van der Waals surface area contributed by atoms with Gasteiger partial charge in [0.15, 0.2) is 0 Å². The molecule has 5 aliphatic heterocycles. The molecule has 18 N–H and O–H groups in total. The molecular formula is C64H62F6N4O20. The van der Waals surface area contributed by atoms with E-state index in [0.29, 0.717) is 28.6 Å². The van der Waals surface area contributed by atoms with Gasteiger partial charge < -0.3 is 120 Å². The molecule has 0 radical (unpaired) electrons. The van der Waals surface area contributed by atoms with E-state index >= 15 is 0 Å². The quantitative estimate of drug-likeness (QED) is 0.0653. The van der Waals surface area contributed by atoms with Crippen molar-refractivity contribution >= 4 is 22.3 Å². The summed E-state index contributed by atoms with van der Waals surface area (Å²) < 4.78 is 124. The van der Waals surface area contributed by atoms with Crippen LogP contribution in [0.4, 0.5) is 26.3 Å². The summed E-state index contributed by atoms with van der Waals surface area (Å²) in [4.78, 5) is 9.93. The van der Waals surface area contributed by atoms with Gasteiger partial charge in [-0.2, -0.15) is 26.3 Å².